The molecule has 568 valence electrons. The van der Waals surface area contributed by atoms with E-state index in [2.05, 4.69) is 47.6 Å². The van der Waals surface area contributed by atoms with Crippen LogP contribution in [0.15, 0.2) is 0 Å². The summed E-state index contributed by atoms with van der Waals surface area (Å²) in [4.78, 5) is 117. The molecular weight excluding hydrogens is 1280 g/mol. The van der Waals surface area contributed by atoms with Gasteiger partial charge in [0.15, 0.2) is 5.41 Å². The quantitative estimate of drug-likeness (QED) is 0.0910. The number of hydrogen-bond donors (Lipinski definition) is 0. The highest BCUT2D eigenvalue weighted by Crippen LogP contribution is 2.63. The van der Waals surface area contributed by atoms with Gasteiger partial charge in [0.25, 0.3) is 0 Å². The van der Waals surface area contributed by atoms with Crippen LogP contribution in [0.1, 0.15) is 295 Å². The minimum atomic E-state index is -0.974. The molecule has 0 aromatic heterocycles. The monoisotopic (exact) mass is 1410 g/mol. The van der Waals surface area contributed by atoms with E-state index in [1.807, 2.05) is 125 Å². The molecular formula is C79H127NO20. The molecule has 21 nitrogen and oxygen atoms in total. The predicted octanol–water partition coefficient (Wildman–Crippen LogP) is 14.9. The van der Waals surface area contributed by atoms with Crippen molar-refractivity contribution in [2.45, 2.75) is 342 Å². The number of fused-ring (bicyclic) bond motifs is 2. The summed E-state index contributed by atoms with van der Waals surface area (Å²) in [6.07, 6.45) is 14.8. The van der Waals surface area contributed by atoms with Crippen molar-refractivity contribution in [1.82, 2.24) is 0 Å². The zero-order valence-electron chi connectivity index (χ0n) is 65.5. The van der Waals surface area contributed by atoms with E-state index >= 15 is 0 Å². The highest BCUT2D eigenvalue weighted by atomic mass is 16.6. The zero-order valence-corrected chi connectivity index (χ0v) is 65.5. The van der Waals surface area contributed by atoms with E-state index in [1.165, 1.54) is 25.7 Å². The van der Waals surface area contributed by atoms with Gasteiger partial charge in [-0.15, -0.1) is 0 Å². The van der Waals surface area contributed by atoms with E-state index in [4.69, 9.17) is 47.4 Å². The Balaban J connectivity index is 0.000000217. The molecule has 100 heavy (non-hydrogen) atoms. The number of nitriles is 1. The van der Waals surface area contributed by atoms with E-state index in [1.54, 1.807) is 0 Å². The molecule has 4 saturated heterocycles. The van der Waals surface area contributed by atoms with Crippen LogP contribution >= 0.6 is 0 Å². The summed E-state index contributed by atoms with van der Waals surface area (Å²) in [7, 11) is 0. The molecule has 0 spiro atoms. The lowest BCUT2D eigenvalue weighted by molar-refractivity contribution is -0.183. The topological polar surface area (TPSA) is 287 Å². The first-order valence-electron chi connectivity index (χ1n) is 37.4. The van der Waals surface area contributed by atoms with Crippen LogP contribution in [-0.4, -0.2) is 121 Å². The lowest BCUT2D eigenvalue weighted by Gasteiger charge is -2.42. The molecule has 12 unspecified atom stereocenters. The molecule has 0 amide bonds. The van der Waals surface area contributed by atoms with Crippen molar-refractivity contribution in [3.8, 4) is 6.07 Å². The smallest absolute Gasteiger partial charge is 0.327 e. The minimum absolute atomic E-state index is 0.0307. The van der Waals surface area contributed by atoms with Gasteiger partial charge in [-0.05, 0) is 199 Å². The second kappa shape index (κ2) is 32.5. The Morgan fingerprint density at radius 2 is 0.790 bits per heavy atom. The normalized spacial score (nSPS) is 28.7. The first-order valence-corrected chi connectivity index (χ1v) is 37.4. The lowest BCUT2D eigenvalue weighted by atomic mass is 9.74. The van der Waals surface area contributed by atoms with Crippen LogP contribution in [0, 0.1) is 89.7 Å². The Kier molecular flexibility index (Phi) is 27.5. The van der Waals surface area contributed by atoms with Crippen LogP contribution in [0.2, 0.25) is 0 Å². The fourth-order valence-corrected chi connectivity index (χ4v) is 14.1. The summed E-state index contributed by atoms with van der Waals surface area (Å²) in [6.45, 7) is 48.1. The maximum atomic E-state index is 12.3. The van der Waals surface area contributed by atoms with Crippen molar-refractivity contribution in [2.75, 3.05) is 13.2 Å². The first kappa shape index (κ1) is 84.8. The molecule has 0 aromatic carbocycles. The predicted molar refractivity (Wildman–Crippen MR) is 372 cm³/mol. The third-order valence-corrected chi connectivity index (χ3v) is 24.6. The molecule has 0 N–H and O–H groups in total. The number of nitrogens with zero attached hydrogens (tertiary/aromatic N) is 1. The molecule has 10 fully saturated rings. The molecule has 6 aliphatic carbocycles. The van der Waals surface area contributed by atoms with Gasteiger partial charge in [0.2, 0.25) is 0 Å². The van der Waals surface area contributed by atoms with Crippen LogP contribution in [-0.2, 0) is 95.3 Å². The van der Waals surface area contributed by atoms with Gasteiger partial charge in [0, 0.05) is 34.5 Å². The number of carbonyl (C=O) groups is 10. The molecule has 4 bridgehead atoms. The lowest BCUT2D eigenvalue weighted by Crippen LogP contribution is -2.47. The molecule has 6 saturated carbocycles. The van der Waals surface area contributed by atoms with E-state index in [0.29, 0.717) is 37.5 Å². The van der Waals surface area contributed by atoms with E-state index in [-0.39, 0.29) is 161 Å². The van der Waals surface area contributed by atoms with Gasteiger partial charge in [0.05, 0.1) is 57.3 Å². The maximum absolute atomic E-state index is 12.3. The second-order valence-electron chi connectivity index (χ2n) is 35.8. The van der Waals surface area contributed by atoms with Crippen molar-refractivity contribution in [3.05, 3.63) is 0 Å². The van der Waals surface area contributed by atoms with Gasteiger partial charge in [-0.2, -0.15) is 5.26 Å². The third-order valence-electron chi connectivity index (χ3n) is 24.6. The van der Waals surface area contributed by atoms with Crippen LogP contribution in [0.4, 0.5) is 0 Å². The Labute approximate surface area is 597 Å². The summed E-state index contributed by atoms with van der Waals surface area (Å²) < 4.78 is 53.7. The average Bonchev–Trinajstić information content (AvgIpc) is 1.53. The standard InChI is InChI=1S/C15H19NO4.2C15H28O2.C14H20O4.2C10H16O4/c1-4-14(2,3)12(17)19-10-8-5-9-11(10)20-13(18)15(9,6-8)7-16;2*1-7-14(5,6)12(16)17-15(13(2,3)4)10-8-9-11-15;1-4-14(2,3)13(16)18-10-7-5-8-9(6-7)12(15)17-11(8)10;2*1-4-10(2,3)9(12)14-7-5-8(11)13-6-7/h8-11H,4-6H2,1-3H3;2*7-11H2,1-6H3;7-11H,4-6H2,1-3H3;2*7H,4-6H2,1-3H3. The Hall–Kier alpha value is -5.81. The van der Waals surface area contributed by atoms with Crippen molar-refractivity contribution in [1.29, 1.82) is 5.26 Å². The number of cyclic esters (lactones) is 2. The Morgan fingerprint density at radius 3 is 1.11 bits per heavy atom. The van der Waals surface area contributed by atoms with Crippen molar-refractivity contribution in [3.63, 3.8) is 0 Å². The number of ether oxygens (including phenoxy) is 10. The Bertz CT molecular complexity index is 2860. The van der Waals surface area contributed by atoms with Crippen molar-refractivity contribution < 1.29 is 95.3 Å². The fourth-order valence-electron chi connectivity index (χ4n) is 14.1. The van der Waals surface area contributed by atoms with E-state index in [0.717, 1.165) is 64.2 Å². The summed E-state index contributed by atoms with van der Waals surface area (Å²) in [5, 5.41) is 9.31. The number of carbonyl (C=O) groups excluding carboxylic acids is 10. The van der Waals surface area contributed by atoms with E-state index < -0.39 is 39.1 Å². The molecule has 12 atom stereocenters. The maximum Gasteiger partial charge on any atom is 0.327 e. The molecule has 4 aliphatic heterocycles. The summed E-state index contributed by atoms with van der Waals surface area (Å²) >= 11 is 0. The zero-order chi connectivity index (χ0) is 76.0. The first-order chi connectivity index (χ1) is 46.0. The molecule has 4 heterocycles. The Morgan fingerprint density at radius 1 is 0.450 bits per heavy atom. The second-order valence-corrected chi connectivity index (χ2v) is 35.8. The van der Waals surface area contributed by atoms with Crippen LogP contribution in [0.5, 0.6) is 0 Å². The van der Waals surface area contributed by atoms with Crippen molar-refractivity contribution in [2.24, 2.45) is 78.3 Å². The average molecular weight is 1410 g/mol. The van der Waals surface area contributed by atoms with E-state index in [9.17, 15) is 53.2 Å². The summed E-state index contributed by atoms with van der Waals surface area (Å²) in [6, 6.07) is 2.15. The van der Waals surface area contributed by atoms with Crippen LogP contribution in [0.3, 0.4) is 0 Å². The number of rotatable bonds is 18. The third kappa shape index (κ3) is 19.1. The molecule has 10 aliphatic rings. The van der Waals surface area contributed by atoms with Gasteiger partial charge in [-0.3, -0.25) is 47.9 Å². The van der Waals surface area contributed by atoms with Crippen molar-refractivity contribution >= 4 is 59.7 Å². The van der Waals surface area contributed by atoms with Gasteiger partial charge in [-0.1, -0.05) is 83.1 Å². The van der Waals surface area contributed by atoms with Gasteiger partial charge in [0.1, 0.15) is 61.0 Å². The minimum Gasteiger partial charge on any atom is -0.462 e. The van der Waals surface area contributed by atoms with Gasteiger partial charge < -0.3 is 47.4 Å². The highest BCUT2D eigenvalue weighted by Gasteiger charge is 2.72. The number of esters is 10. The molecule has 10 rings (SSSR count). The van der Waals surface area contributed by atoms with Gasteiger partial charge >= 0.3 is 59.7 Å². The summed E-state index contributed by atoms with van der Waals surface area (Å²) in [5.41, 5.74) is -4.06. The molecule has 0 radical (unpaired) electrons. The van der Waals surface area contributed by atoms with Crippen LogP contribution < -0.4 is 0 Å². The largest absolute Gasteiger partial charge is 0.462 e. The molecule has 21 heteroatoms. The van der Waals surface area contributed by atoms with Gasteiger partial charge in [-0.25, -0.2) is 0 Å². The number of hydrogen-bond acceptors (Lipinski definition) is 21. The highest BCUT2D eigenvalue weighted by molar-refractivity contribution is 5.85. The molecule has 0 aromatic rings. The summed E-state index contributed by atoms with van der Waals surface area (Å²) in [5.74, 6) is -1.42. The fraction of sp³-hybridized carbons (Fsp3) is 0.861. The van der Waals surface area contributed by atoms with Crippen LogP contribution in [0.25, 0.3) is 0 Å². The SMILES string of the molecule is CCC(C)(C)C(=O)OC1(C(C)(C)C)CCCC1.CCC(C)(C)C(=O)OC1(C(C)(C)C)CCCC1.CCC(C)(C)C(=O)OC1C2CC3C(=O)OC1C3C2.CCC(C)(C)C(=O)OC1C2CC3C1OC(=O)C3(C#N)C2.CCC(C)(C)C(=O)OC1COC(=O)C1.CCC(C)(C)C(=O)OC1COC(=O)C1.